The number of nitrogens with zero attached hydrogens (tertiary/aromatic N) is 1. The zero-order valence-electron chi connectivity index (χ0n) is 12.2. The van der Waals surface area contributed by atoms with Gasteiger partial charge in [-0.2, -0.15) is 5.10 Å². The maximum Gasteiger partial charge on any atom is 0.271 e. The quantitative estimate of drug-likeness (QED) is 0.466. The lowest BCUT2D eigenvalue weighted by molar-refractivity contribution is 0.0955. The second-order valence-corrected chi connectivity index (χ2v) is 5.82. The zero-order chi connectivity index (χ0) is 16.2. The number of nitrogens with one attached hydrogen (secondary N) is 1. The molecule has 0 aromatic heterocycles. The van der Waals surface area contributed by atoms with E-state index in [9.17, 15) is 4.79 Å². The first-order chi connectivity index (χ1) is 11.2. The molecule has 0 unspecified atom stereocenters. The number of carbonyl (C=O) groups excluding carboxylic acids is 1. The summed E-state index contributed by atoms with van der Waals surface area (Å²) < 4.78 is 16.5. The number of ether oxygens (including phenoxy) is 3. The van der Waals surface area contributed by atoms with Crippen LogP contribution in [0.25, 0.3) is 0 Å². The highest BCUT2D eigenvalue weighted by atomic mass is 127. The zero-order valence-corrected chi connectivity index (χ0v) is 14.4. The van der Waals surface area contributed by atoms with Crippen LogP contribution in [-0.2, 0) is 0 Å². The van der Waals surface area contributed by atoms with Crippen molar-refractivity contribution >= 4 is 34.7 Å². The molecule has 0 atom stereocenters. The van der Waals surface area contributed by atoms with Gasteiger partial charge in [-0.05, 0) is 64.6 Å². The Labute approximate surface area is 146 Å². The van der Waals surface area contributed by atoms with E-state index in [0.29, 0.717) is 17.1 Å². The number of methoxy groups -OCH3 is 1. The summed E-state index contributed by atoms with van der Waals surface area (Å²) in [5.74, 6) is 1.82. The van der Waals surface area contributed by atoms with Gasteiger partial charge >= 0.3 is 0 Å². The van der Waals surface area contributed by atoms with E-state index < -0.39 is 0 Å². The number of fused-ring (bicyclic) bond motifs is 1. The third kappa shape index (κ3) is 3.55. The van der Waals surface area contributed by atoms with Gasteiger partial charge in [0.25, 0.3) is 5.91 Å². The van der Waals surface area contributed by atoms with Gasteiger partial charge in [0.05, 0.1) is 16.9 Å². The SMILES string of the molecule is COc1ccc(C(=O)N/N=C/c2ccc3c(c2)OCO3)cc1I. The molecule has 0 saturated carbocycles. The van der Waals surface area contributed by atoms with Crippen molar-refractivity contribution in [1.82, 2.24) is 5.43 Å². The lowest BCUT2D eigenvalue weighted by Crippen LogP contribution is -2.17. The molecule has 118 valence electrons. The molecule has 23 heavy (non-hydrogen) atoms. The Morgan fingerprint density at radius 2 is 2.09 bits per heavy atom. The standard InChI is InChI=1S/C16H13IN2O4/c1-21-13-5-3-11(7-12(13)17)16(20)19-18-8-10-2-4-14-15(6-10)23-9-22-14/h2-8H,9H2,1H3,(H,19,20)/b18-8+. The number of hydrogen-bond donors (Lipinski definition) is 1. The van der Waals surface area contributed by atoms with Crippen LogP contribution < -0.4 is 19.6 Å². The Kier molecular flexibility index (Phi) is 4.65. The Balaban J connectivity index is 1.65. The third-order valence-corrected chi connectivity index (χ3v) is 4.03. The molecule has 3 rings (SSSR count). The van der Waals surface area contributed by atoms with Crippen molar-refractivity contribution in [2.24, 2.45) is 5.10 Å². The monoisotopic (exact) mass is 424 g/mol. The summed E-state index contributed by atoms with van der Waals surface area (Å²) in [7, 11) is 1.59. The molecule has 1 amide bonds. The van der Waals surface area contributed by atoms with Crippen molar-refractivity contribution in [2.75, 3.05) is 13.9 Å². The molecule has 0 aliphatic carbocycles. The number of benzene rings is 2. The third-order valence-electron chi connectivity index (χ3n) is 3.19. The van der Waals surface area contributed by atoms with Crippen LogP contribution in [0.4, 0.5) is 0 Å². The molecule has 1 N–H and O–H groups in total. The Morgan fingerprint density at radius 1 is 1.26 bits per heavy atom. The fourth-order valence-electron chi connectivity index (χ4n) is 2.03. The summed E-state index contributed by atoms with van der Waals surface area (Å²) in [6.07, 6.45) is 1.55. The van der Waals surface area contributed by atoms with E-state index in [-0.39, 0.29) is 12.7 Å². The lowest BCUT2D eigenvalue weighted by atomic mass is 10.2. The number of halogens is 1. The van der Waals surface area contributed by atoms with Gasteiger partial charge in [-0.1, -0.05) is 0 Å². The van der Waals surface area contributed by atoms with Gasteiger partial charge in [0.2, 0.25) is 6.79 Å². The number of amides is 1. The smallest absolute Gasteiger partial charge is 0.271 e. The van der Waals surface area contributed by atoms with E-state index in [1.54, 1.807) is 43.7 Å². The van der Waals surface area contributed by atoms with Gasteiger partial charge in [0.15, 0.2) is 11.5 Å². The minimum atomic E-state index is -0.289. The molecule has 0 radical (unpaired) electrons. The normalized spacial score (nSPS) is 12.4. The fourth-order valence-corrected chi connectivity index (χ4v) is 2.77. The van der Waals surface area contributed by atoms with Gasteiger partial charge in [0, 0.05) is 5.56 Å². The Morgan fingerprint density at radius 3 is 2.87 bits per heavy atom. The summed E-state index contributed by atoms with van der Waals surface area (Å²) in [6, 6.07) is 10.6. The fraction of sp³-hybridized carbons (Fsp3) is 0.125. The molecule has 7 heteroatoms. The molecule has 0 fully saturated rings. The second-order valence-electron chi connectivity index (χ2n) is 4.66. The van der Waals surface area contributed by atoms with Gasteiger partial charge in [0.1, 0.15) is 5.75 Å². The Bertz CT molecular complexity index is 777. The first-order valence-corrected chi connectivity index (χ1v) is 7.82. The number of rotatable bonds is 4. The largest absolute Gasteiger partial charge is 0.496 e. The van der Waals surface area contributed by atoms with E-state index in [2.05, 4.69) is 33.1 Å². The first kappa shape index (κ1) is 15.6. The highest BCUT2D eigenvalue weighted by Gasteiger charge is 2.12. The topological polar surface area (TPSA) is 69.2 Å². The molecule has 2 aromatic rings. The predicted molar refractivity (Wildman–Crippen MR) is 93.3 cm³/mol. The van der Waals surface area contributed by atoms with Crippen LogP contribution in [0, 0.1) is 3.57 Å². The summed E-state index contributed by atoms with van der Waals surface area (Å²) >= 11 is 2.11. The second kappa shape index (κ2) is 6.86. The predicted octanol–water partition coefficient (Wildman–Crippen LogP) is 2.79. The van der Waals surface area contributed by atoms with Crippen molar-refractivity contribution in [1.29, 1.82) is 0 Å². The van der Waals surface area contributed by atoms with Crippen molar-refractivity contribution < 1.29 is 19.0 Å². The molecule has 2 aromatic carbocycles. The molecule has 0 saturated heterocycles. The average Bonchev–Trinajstić information content (AvgIpc) is 3.02. The molecular formula is C16H13IN2O4. The molecule has 0 spiro atoms. The van der Waals surface area contributed by atoms with Crippen LogP contribution in [0.1, 0.15) is 15.9 Å². The van der Waals surface area contributed by atoms with Crippen molar-refractivity contribution in [3.63, 3.8) is 0 Å². The van der Waals surface area contributed by atoms with E-state index >= 15 is 0 Å². The molecule has 0 bridgehead atoms. The van der Waals surface area contributed by atoms with E-state index in [1.165, 1.54) is 0 Å². The number of hydrogen-bond acceptors (Lipinski definition) is 5. The summed E-state index contributed by atoms with van der Waals surface area (Å²) in [5.41, 5.74) is 3.81. The molecule has 1 heterocycles. The molecular weight excluding hydrogens is 411 g/mol. The lowest BCUT2D eigenvalue weighted by Gasteiger charge is -2.05. The van der Waals surface area contributed by atoms with Crippen LogP contribution >= 0.6 is 22.6 Å². The van der Waals surface area contributed by atoms with Gasteiger partial charge in [-0.3, -0.25) is 4.79 Å². The summed E-state index contributed by atoms with van der Waals surface area (Å²) in [6.45, 7) is 0.225. The minimum absolute atomic E-state index is 0.225. The van der Waals surface area contributed by atoms with Crippen LogP contribution in [0.15, 0.2) is 41.5 Å². The Hall–Kier alpha value is -2.29. The van der Waals surface area contributed by atoms with Crippen molar-refractivity contribution in [3.05, 3.63) is 51.1 Å². The van der Waals surface area contributed by atoms with Crippen molar-refractivity contribution in [3.8, 4) is 17.2 Å². The summed E-state index contributed by atoms with van der Waals surface area (Å²) in [4.78, 5) is 12.1. The minimum Gasteiger partial charge on any atom is -0.496 e. The number of carbonyl (C=O) groups is 1. The molecule has 1 aliphatic heterocycles. The molecule has 1 aliphatic rings. The van der Waals surface area contributed by atoms with Gasteiger partial charge < -0.3 is 14.2 Å². The summed E-state index contributed by atoms with van der Waals surface area (Å²) in [5, 5.41) is 3.96. The average molecular weight is 424 g/mol. The number of hydrazone groups is 1. The molecule has 6 nitrogen and oxygen atoms in total. The maximum atomic E-state index is 12.1. The van der Waals surface area contributed by atoms with Gasteiger partial charge in [-0.25, -0.2) is 5.43 Å². The van der Waals surface area contributed by atoms with Crippen LogP contribution in [0.3, 0.4) is 0 Å². The highest BCUT2D eigenvalue weighted by Crippen LogP contribution is 2.31. The van der Waals surface area contributed by atoms with Crippen LogP contribution in [-0.4, -0.2) is 26.0 Å². The van der Waals surface area contributed by atoms with E-state index in [1.807, 2.05) is 6.07 Å². The first-order valence-electron chi connectivity index (χ1n) is 6.74. The highest BCUT2D eigenvalue weighted by molar-refractivity contribution is 14.1. The maximum absolute atomic E-state index is 12.1. The van der Waals surface area contributed by atoms with E-state index in [4.69, 9.17) is 14.2 Å². The van der Waals surface area contributed by atoms with Crippen molar-refractivity contribution in [2.45, 2.75) is 0 Å². The van der Waals surface area contributed by atoms with E-state index in [0.717, 1.165) is 14.9 Å². The van der Waals surface area contributed by atoms with Crippen LogP contribution in [0.2, 0.25) is 0 Å². The van der Waals surface area contributed by atoms with Gasteiger partial charge in [-0.15, -0.1) is 0 Å². The van der Waals surface area contributed by atoms with Crippen LogP contribution in [0.5, 0.6) is 17.2 Å².